The molecule has 0 saturated carbocycles. The van der Waals surface area contributed by atoms with E-state index in [9.17, 15) is 8.42 Å². The molecule has 0 atom stereocenters. The zero-order chi connectivity index (χ0) is 15.6. The van der Waals surface area contributed by atoms with Crippen LogP contribution in [0.1, 0.15) is 23.7 Å². The fourth-order valence-electron chi connectivity index (χ4n) is 2.26. The van der Waals surface area contributed by atoms with Gasteiger partial charge in [0.15, 0.2) is 0 Å². The minimum atomic E-state index is -3.73. The van der Waals surface area contributed by atoms with Crippen LogP contribution < -0.4 is 10.0 Å². The highest BCUT2D eigenvalue weighted by Gasteiger charge is 2.29. The number of hydrogen-bond acceptors (Lipinski definition) is 4. The average molecular weight is 308 g/mol. The molecular formula is C14H20N4O2S. The number of aryl methyl sites for hydroxylation is 2. The molecule has 0 saturated heterocycles. The van der Waals surface area contributed by atoms with Crippen molar-refractivity contribution >= 4 is 15.7 Å². The van der Waals surface area contributed by atoms with E-state index in [0.29, 0.717) is 23.5 Å². The van der Waals surface area contributed by atoms with Crippen molar-refractivity contribution in [1.29, 1.82) is 0 Å². The number of sulfonamides is 1. The molecule has 0 unspecified atom stereocenters. The van der Waals surface area contributed by atoms with E-state index in [1.807, 2.05) is 25.1 Å². The van der Waals surface area contributed by atoms with Gasteiger partial charge in [-0.15, -0.1) is 0 Å². The Kier molecular flexibility index (Phi) is 4.34. The molecule has 0 aliphatic carbocycles. The Bertz CT molecular complexity index is 737. The van der Waals surface area contributed by atoms with Gasteiger partial charge >= 0.3 is 0 Å². The first kappa shape index (κ1) is 15.5. The summed E-state index contributed by atoms with van der Waals surface area (Å²) in [5, 5.41) is 6.65. The Morgan fingerprint density at radius 3 is 2.62 bits per heavy atom. The van der Waals surface area contributed by atoms with Crippen LogP contribution >= 0.6 is 0 Å². The highest BCUT2D eigenvalue weighted by molar-refractivity contribution is 7.92. The SMILES string of the molecule is CCN(c1cccc(C)c1)S(=O)(=O)c1n[nH]c(C)c1CN. The van der Waals surface area contributed by atoms with Crippen LogP contribution in [0.5, 0.6) is 0 Å². The number of anilines is 1. The minimum Gasteiger partial charge on any atom is -0.326 e. The summed E-state index contributed by atoms with van der Waals surface area (Å²) < 4.78 is 27.1. The zero-order valence-corrected chi connectivity index (χ0v) is 13.2. The van der Waals surface area contributed by atoms with Crippen molar-refractivity contribution in [2.75, 3.05) is 10.8 Å². The lowest BCUT2D eigenvalue weighted by Crippen LogP contribution is -2.32. The number of nitrogens with two attached hydrogens (primary N) is 1. The molecular weight excluding hydrogens is 288 g/mol. The summed E-state index contributed by atoms with van der Waals surface area (Å²) in [6.07, 6.45) is 0. The second-order valence-corrected chi connectivity index (χ2v) is 6.62. The van der Waals surface area contributed by atoms with Gasteiger partial charge in [0.1, 0.15) is 0 Å². The summed E-state index contributed by atoms with van der Waals surface area (Å²) in [4.78, 5) is 0. The molecule has 114 valence electrons. The van der Waals surface area contributed by atoms with Gasteiger partial charge < -0.3 is 5.73 Å². The van der Waals surface area contributed by atoms with Crippen molar-refractivity contribution < 1.29 is 8.42 Å². The second kappa shape index (κ2) is 5.87. The molecule has 1 aromatic heterocycles. The van der Waals surface area contributed by atoms with E-state index in [4.69, 9.17) is 5.73 Å². The molecule has 0 spiro atoms. The van der Waals surface area contributed by atoms with Gasteiger partial charge in [-0.1, -0.05) is 12.1 Å². The molecule has 2 aromatic rings. The van der Waals surface area contributed by atoms with Crippen LogP contribution in [-0.2, 0) is 16.6 Å². The third-order valence-electron chi connectivity index (χ3n) is 3.35. The molecule has 6 nitrogen and oxygen atoms in total. The van der Waals surface area contributed by atoms with Gasteiger partial charge in [0.05, 0.1) is 5.69 Å². The van der Waals surface area contributed by atoms with Gasteiger partial charge in [0, 0.05) is 24.3 Å². The number of hydrogen-bond donors (Lipinski definition) is 2. The van der Waals surface area contributed by atoms with Crippen molar-refractivity contribution in [1.82, 2.24) is 10.2 Å². The molecule has 3 N–H and O–H groups in total. The van der Waals surface area contributed by atoms with E-state index in [1.54, 1.807) is 19.9 Å². The number of rotatable bonds is 5. The van der Waals surface area contributed by atoms with Gasteiger partial charge in [-0.2, -0.15) is 13.5 Å². The summed E-state index contributed by atoms with van der Waals surface area (Å²) in [5.41, 5.74) is 8.48. The fraction of sp³-hybridized carbons (Fsp3) is 0.357. The summed E-state index contributed by atoms with van der Waals surface area (Å²) in [7, 11) is -3.73. The molecule has 0 bridgehead atoms. The molecule has 0 amide bonds. The normalized spacial score (nSPS) is 11.6. The molecule has 1 aromatic carbocycles. The van der Waals surface area contributed by atoms with Gasteiger partial charge in [-0.05, 0) is 38.5 Å². The van der Waals surface area contributed by atoms with E-state index >= 15 is 0 Å². The molecule has 0 radical (unpaired) electrons. The summed E-state index contributed by atoms with van der Waals surface area (Å²) in [6.45, 7) is 5.93. The highest BCUT2D eigenvalue weighted by atomic mass is 32.2. The van der Waals surface area contributed by atoms with Crippen molar-refractivity contribution in [3.05, 3.63) is 41.1 Å². The van der Waals surface area contributed by atoms with Crippen LogP contribution in [0.4, 0.5) is 5.69 Å². The number of benzene rings is 1. The van der Waals surface area contributed by atoms with Crippen LogP contribution in [0, 0.1) is 13.8 Å². The maximum absolute atomic E-state index is 12.9. The average Bonchev–Trinajstić information content (AvgIpc) is 2.81. The zero-order valence-electron chi connectivity index (χ0n) is 12.4. The lowest BCUT2D eigenvalue weighted by Gasteiger charge is -2.22. The minimum absolute atomic E-state index is 0.00542. The topological polar surface area (TPSA) is 92.1 Å². The van der Waals surface area contributed by atoms with Crippen LogP contribution in [0.2, 0.25) is 0 Å². The third-order valence-corrected chi connectivity index (χ3v) is 5.23. The Balaban J connectivity index is 2.55. The monoisotopic (exact) mass is 308 g/mol. The first-order valence-corrected chi connectivity index (χ1v) is 8.19. The summed E-state index contributed by atoms with van der Waals surface area (Å²) in [6, 6.07) is 7.37. The fourth-order valence-corrected chi connectivity index (χ4v) is 3.91. The number of aromatic amines is 1. The van der Waals surface area contributed by atoms with Crippen LogP contribution in [-0.4, -0.2) is 25.2 Å². The first-order chi connectivity index (χ1) is 9.91. The predicted octanol–water partition coefficient (Wildman–Crippen LogP) is 1.70. The standard InChI is InChI=1S/C14H20N4O2S/c1-4-18(12-7-5-6-10(2)8-12)21(19,20)14-13(9-15)11(3)16-17-14/h5-8H,4,9,15H2,1-3H3,(H,16,17). The number of nitrogens with zero attached hydrogens (tertiary/aromatic N) is 2. The quantitative estimate of drug-likeness (QED) is 0.879. The predicted molar refractivity (Wildman–Crippen MR) is 82.6 cm³/mol. The maximum atomic E-state index is 12.9. The lowest BCUT2D eigenvalue weighted by molar-refractivity contribution is 0.586. The lowest BCUT2D eigenvalue weighted by atomic mass is 10.2. The van der Waals surface area contributed by atoms with E-state index in [1.165, 1.54) is 4.31 Å². The van der Waals surface area contributed by atoms with Crippen LogP contribution in [0.3, 0.4) is 0 Å². The van der Waals surface area contributed by atoms with E-state index in [-0.39, 0.29) is 11.6 Å². The Labute approximate surface area is 125 Å². The smallest absolute Gasteiger partial charge is 0.283 e. The summed E-state index contributed by atoms with van der Waals surface area (Å²) in [5.74, 6) is 0. The second-order valence-electron chi connectivity index (χ2n) is 4.85. The van der Waals surface area contributed by atoms with Crippen LogP contribution in [0.15, 0.2) is 29.3 Å². The third kappa shape index (κ3) is 2.79. The van der Waals surface area contributed by atoms with Gasteiger partial charge in [-0.3, -0.25) is 9.40 Å². The van der Waals surface area contributed by atoms with Crippen LogP contribution in [0.25, 0.3) is 0 Å². The van der Waals surface area contributed by atoms with E-state index in [0.717, 1.165) is 5.56 Å². The summed E-state index contributed by atoms with van der Waals surface area (Å²) >= 11 is 0. The van der Waals surface area contributed by atoms with Crippen molar-refractivity contribution in [3.8, 4) is 0 Å². The van der Waals surface area contributed by atoms with E-state index in [2.05, 4.69) is 10.2 Å². The van der Waals surface area contributed by atoms with Gasteiger partial charge in [-0.25, -0.2) is 0 Å². The largest absolute Gasteiger partial charge is 0.326 e. The van der Waals surface area contributed by atoms with Crippen molar-refractivity contribution in [3.63, 3.8) is 0 Å². The molecule has 0 aliphatic rings. The molecule has 1 heterocycles. The highest BCUT2D eigenvalue weighted by Crippen LogP contribution is 2.26. The van der Waals surface area contributed by atoms with Gasteiger partial charge in [0.25, 0.3) is 10.0 Å². The number of H-pyrrole nitrogens is 1. The maximum Gasteiger partial charge on any atom is 0.283 e. The molecule has 2 rings (SSSR count). The Morgan fingerprint density at radius 1 is 1.33 bits per heavy atom. The molecule has 0 aliphatic heterocycles. The van der Waals surface area contributed by atoms with E-state index < -0.39 is 10.0 Å². The molecule has 0 fully saturated rings. The number of nitrogens with one attached hydrogen (secondary N) is 1. The Morgan fingerprint density at radius 2 is 2.05 bits per heavy atom. The Hall–Kier alpha value is -1.86. The molecule has 21 heavy (non-hydrogen) atoms. The first-order valence-electron chi connectivity index (χ1n) is 6.75. The molecule has 7 heteroatoms. The van der Waals surface area contributed by atoms with Crippen molar-refractivity contribution in [2.45, 2.75) is 32.3 Å². The number of aromatic nitrogens is 2. The van der Waals surface area contributed by atoms with Gasteiger partial charge in [0.2, 0.25) is 5.03 Å². The van der Waals surface area contributed by atoms with Crippen molar-refractivity contribution in [2.24, 2.45) is 5.73 Å².